The topological polar surface area (TPSA) is 66.8 Å². The predicted octanol–water partition coefficient (Wildman–Crippen LogP) is 6.24. The summed E-state index contributed by atoms with van der Waals surface area (Å²) in [5.74, 6) is -0.151. The van der Waals surface area contributed by atoms with Gasteiger partial charge in [0.1, 0.15) is 12.4 Å². The van der Waals surface area contributed by atoms with Gasteiger partial charge in [0.2, 0.25) is 0 Å². The van der Waals surface area contributed by atoms with Gasteiger partial charge in [-0.25, -0.2) is 4.79 Å². The molecule has 0 unspecified atom stereocenters. The highest BCUT2D eigenvalue weighted by Gasteiger charge is 2.34. The van der Waals surface area contributed by atoms with E-state index in [2.05, 4.69) is 0 Å². The molecule has 2 heterocycles. The summed E-state index contributed by atoms with van der Waals surface area (Å²) in [4.78, 5) is 27.1. The first-order valence-electron chi connectivity index (χ1n) is 10.7. The second-order valence-corrected chi connectivity index (χ2v) is 9.68. The number of nitrogens with zero attached hydrogens (tertiary/aromatic N) is 1. The van der Waals surface area contributed by atoms with Crippen molar-refractivity contribution < 1.29 is 19.4 Å². The molecule has 1 fully saturated rings. The number of benzene rings is 2. The van der Waals surface area contributed by atoms with E-state index >= 15 is 0 Å². The Kier molecular flexibility index (Phi) is 5.66. The summed E-state index contributed by atoms with van der Waals surface area (Å²) in [6, 6.07) is 13.1. The highest BCUT2D eigenvalue weighted by atomic mass is 35.5. The molecule has 1 N–H and O–H groups in total. The van der Waals surface area contributed by atoms with Crippen molar-refractivity contribution in [3.05, 3.63) is 74.4 Å². The molecule has 0 radical (unpaired) electrons. The molecule has 2 aromatic carbocycles. The molecular formula is C25H22ClNO4S. The number of aromatic carboxylic acids is 1. The molecule has 1 saturated carbocycles. The molecule has 32 heavy (non-hydrogen) atoms. The molecule has 1 amide bonds. The minimum atomic E-state index is -1.04. The fourth-order valence-electron chi connectivity index (χ4n) is 4.55. The van der Waals surface area contributed by atoms with Crippen LogP contribution in [-0.2, 0) is 13.2 Å². The predicted molar refractivity (Wildman–Crippen MR) is 125 cm³/mol. The standard InChI is InChI=1S/C25H22ClNO4S/c26-23-8-5-15(11-22(23)25(29)30)17-10-20(32-14-17)13-31-19-6-7-21-16(9-19)12-27(24(21)28)18-3-1-2-4-18/h5-11,14,18H,1-4,12-13H2,(H,29,30). The van der Waals surface area contributed by atoms with Crippen LogP contribution in [0.15, 0.2) is 47.8 Å². The minimum absolute atomic E-state index is 0.0903. The van der Waals surface area contributed by atoms with E-state index in [4.69, 9.17) is 16.3 Å². The summed E-state index contributed by atoms with van der Waals surface area (Å²) in [5, 5.41) is 11.5. The highest BCUT2D eigenvalue weighted by molar-refractivity contribution is 7.10. The van der Waals surface area contributed by atoms with Crippen LogP contribution < -0.4 is 4.74 Å². The smallest absolute Gasteiger partial charge is 0.337 e. The van der Waals surface area contributed by atoms with Crippen molar-refractivity contribution in [2.75, 3.05) is 0 Å². The number of carboxylic acids is 1. The second kappa shape index (κ2) is 8.60. The summed E-state index contributed by atoms with van der Waals surface area (Å²) >= 11 is 7.53. The fraction of sp³-hybridized carbons (Fsp3) is 0.280. The third kappa shape index (κ3) is 4.00. The van der Waals surface area contributed by atoms with E-state index in [9.17, 15) is 14.7 Å². The largest absolute Gasteiger partial charge is 0.488 e. The number of rotatable bonds is 6. The number of amides is 1. The van der Waals surface area contributed by atoms with E-state index < -0.39 is 5.97 Å². The van der Waals surface area contributed by atoms with Gasteiger partial charge in [-0.3, -0.25) is 4.79 Å². The highest BCUT2D eigenvalue weighted by Crippen LogP contribution is 2.34. The number of hydrogen-bond acceptors (Lipinski definition) is 4. The van der Waals surface area contributed by atoms with Crippen LogP contribution in [0.4, 0.5) is 0 Å². The molecule has 0 spiro atoms. The Bertz CT molecular complexity index is 1200. The van der Waals surface area contributed by atoms with Gasteiger partial charge in [0.05, 0.1) is 10.6 Å². The van der Waals surface area contributed by atoms with Gasteiger partial charge in [-0.15, -0.1) is 11.3 Å². The van der Waals surface area contributed by atoms with E-state index in [-0.39, 0.29) is 16.5 Å². The number of hydrogen-bond donors (Lipinski definition) is 1. The van der Waals surface area contributed by atoms with Crippen molar-refractivity contribution in [2.24, 2.45) is 0 Å². The lowest BCUT2D eigenvalue weighted by Crippen LogP contribution is -2.33. The molecule has 2 aliphatic rings. The number of ether oxygens (including phenoxy) is 1. The lowest BCUT2D eigenvalue weighted by atomic mass is 10.1. The lowest BCUT2D eigenvalue weighted by Gasteiger charge is -2.23. The van der Waals surface area contributed by atoms with Crippen LogP contribution in [0.2, 0.25) is 5.02 Å². The average molecular weight is 468 g/mol. The first-order chi connectivity index (χ1) is 15.5. The number of carbonyl (C=O) groups excluding carboxylic acids is 1. The maximum atomic E-state index is 12.7. The van der Waals surface area contributed by atoms with Gasteiger partial charge in [0, 0.05) is 23.0 Å². The Balaban J connectivity index is 1.27. The summed E-state index contributed by atoms with van der Waals surface area (Å²) in [7, 11) is 0. The molecule has 5 rings (SSSR count). The third-order valence-electron chi connectivity index (χ3n) is 6.24. The van der Waals surface area contributed by atoms with Gasteiger partial charge in [-0.05, 0) is 71.3 Å². The van der Waals surface area contributed by atoms with E-state index in [1.54, 1.807) is 23.5 Å². The molecule has 5 nitrogen and oxygen atoms in total. The zero-order chi connectivity index (χ0) is 22.2. The van der Waals surface area contributed by atoms with Gasteiger partial charge in [-0.2, -0.15) is 0 Å². The van der Waals surface area contributed by atoms with Gasteiger partial charge in [-0.1, -0.05) is 30.5 Å². The van der Waals surface area contributed by atoms with Crippen molar-refractivity contribution >= 4 is 34.8 Å². The van der Waals surface area contributed by atoms with Crippen LogP contribution in [0.3, 0.4) is 0 Å². The normalized spacial score (nSPS) is 15.9. The van der Waals surface area contributed by atoms with Crippen molar-refractivity contribution in [3.8, 4) is 16.9 Å². The Morgan fingerprint density at radius 3 is 2.72 bits per heavy atom. The molecule has 1 aromatic heterocycles. The summed E-state index contributed by atoms with van der Waals surface area (Å²) < 4.78 is 6.01. The zero-order valence-electron chi connectivity index (χ0n) is 17.3. The van der Waals surface area contributed by atoms with Gasteiger partial charge in [0.15, 0.2) is 0 Å². The molecule has 3 aromatic rings. The van der Waals surface area contributed by atoms with Crippen molar-refractivity contribution in [2.45, 2.75) is 44.9 Å². The van der Waals surface area contributed by atoms with Crippen LogP contribution in [0, 0.1) is 0 Å². The van der Waals surface area contributed by atoms with E-state index in [1.807, 2.05) is 40.6 Å². The number of thiophene rings is 1. The van der Waals surface area contributed by atoms with E-state index in [0.717, 1.165) is 45.7 Å². The Hall–Kier alpha value is -2.83. The van der Waals surface area contributed by atoms with E-state index in [1.165, 1.54) is 12.8 Å². The maximum Gasteiger partial charge on any atom is 0.337 e. The first kappa shape index (κ1) is 21.0. The van der Waals surface area contributed by atoms with Crippen molar-refractivity contribution in [1.82, 2.24) is 4.90 Å². The zero-order valence-corrected chi connectivity index (χ0v) is 18.9. The number of carbonyl (C=O) groups is 2. The van der Waals surface area contributed by atoms with E-state index in [0.29, 0.717) is 19.2 Å². The summed E-state index contributed by atoms with van der Waals surface area (Å²) in [6.07, 6.45) is 4.61. The molecule has 164 valence electrons. The van der Waals surface area contributed by atoms with Crippen LogP contribution in [0.5, 0.6) is 5.75 Å². The Morgan fingerprint density at radius 2 is 1.94 bits per heavy atom. The Labute approximate surface area is 195 Å². The Morgan fingerprint density at radius 1 is 1.12 bits per heavy atom. The first-order valence-corrected chi connectivity index (χ1v) is 11.9. The van der Waals surface area contributed by atoms with Gasteiger partial charge >= 0.3 is 5.97 Å². The quantitative estimate of drug-likeness (QED) is 0.465. The number of halogens is 1. The van der Waals surface area contributed by atoms with Crippen molar-refractivity contribution in [1.29, 1.82) is 0 Å². The number of carboxylic acid groups (broad SMARTS) is 1. The maximum absolute atomic E-state index is 12.7. The van der Waals surface area contributed by atoms with Crippen LogP contribution >= 0.6 is 22.9 Å². The lowest BCUT2D eigenvalue weighted by molar-refractivity contribution is 0.0691. The average Bonchev–Trinajstić information content (AvgIpc) is 3.53. The molecule has 1 aliphatic carbocycles. The summed E-state index contributed by atoms with van der Waals surface area (Å²) in [6.45, 7) is 1.07. The molecular weight excluding hydrogens is 446 g/mol. The van der Waals surface area contributed by atoms with Crippen molar-refractivity contribution in [3.63, 3.8) is 0 Å². The van der Waals surface area contributed by atoms with Gasteiger partial charge in [0.25, 0.3) is 5.91 Å². The molecule has 0 atom stereocenters. The molecule has 0 bridgehead atoms. The molecule has 0 saturated heterocycles. The van der Waals surface area contributed by atoms with Gasteiger partial charge < -0.3 is 14.7 Å². The SMILES string of the molecule is O=C(O)c1cc(-c2csc(COc3ccc4c(c3)CN(C3CCCC3)C4=O)c2)ccc1Cl. The van der Waals surface area contributed by atoms with Crippen LogP contribution in [0.25, 0.3) is 11.1 Å². The fourth-order valence-corrected chi connectivity index (χ4v) is 5.55. The molecule has 1 aliphatic heterocycles. The number of fused-ring (bicyclic) bond motifs is 1. The minimum Gasteiger partial charge on any atom is -0.488 e. The van der Waals surface area contributed by atoms with Crippen LogP contribution in [0.1, 0.15) is 56.8 Å². The third-order valence-corrected chi connectivity index (χ3v) is 7.48. The van der Waals surface area contributed by atoms with Crippen LogP contribution in [-0.4, -0.2) is 27.9 Å². The molecule has 7 heteroatoms. The second-order valence-electron chi connectivity index (χ2n) is 8.28. The summed E-state index contributed by atoms with van der Waals surface area (Å²) in [5.41, 5.74) is 3.65. The monoisotopic (exact) mass is 467 g/mol.